The minimum atomic E-state index is -0.325. The van der Waals surface area contributed by atoms with Crippen molar-refractivity contribution in [1.82, 2.24) is 10.9 Å². The monoisotopic (exact) mass is 314 g/mol. The molecule has 4 nitrogen and oxygen atoms in total. The summed E-state index contributed by atoms with van der Waals surface area (Å²) in [5, 5.41) is 0. The quantitative estimate of drug-likeness (QED) is 0.674. The van der Waals surface area contributed by atoms with E-state index in [4.69, 9.17) is 0 Å². The van der Waals surface area contributed by atoms with E-state index in [1.54, 1.807) is 12.1 Å². The molecule has 0 radical (unpaired) electrons. The molecule has 0 aliphatic heterocycles. The van der Waals surface area contributed by atoms with Crippen LogP contribution in [0.15, 0.2) is 53.4 Å². The van der Waals surface area contributed by atoms with Crippen LogP contribution in [-0.2, 0) is 4.79 Å². The maximum Gasteiger partial charge on any atom is 0.269 e. The third-order valence-electron chi connectivity index (χ3n) is 3.08. The van der Waals surface area contributed by atoms with Crippen LogP contribution in [0, 0.1) is 13.8 Å². The van der Waals surface area contributed by atoms with E-state index in [2.05, 4.69) is 10.9 Å². The normalized spacial score (nSPS) is 10.1. The molecule has 0 unspecified atom stereocenters. The summed E-state index contributed by atoms with van der Waals surface area (Å²) in [4.78, 5) is 24.7. The van der Waals surface area contributed by atoms with Gasteiger partial charge < -0.3 is 0 Å². The van der Waals surface area contributed by atoms with Crippen molar-refractivity contribution in [2.45, 2.75) is 18.7 Å². The number of thioether (sulfide) groups is 1. The average molecular weight is 314 g/mol. The highest BCUT2D eigenvalue weighted by Crippen LogP contribution is 2.21. The van der Waals surface area contributed by atoms with Gasteiger partial charge in [-0.05, 0) is 37.6 Å². The molecule has 22 heavy (non-hydrogen) atoms. The summed E-state index contributed by atoms with van der Waals surface area (Å²) >= 11 is 1.44. The second-order valence-corrected chi connectivity index (χ2v) is 5.94. The third kappa shape index (κ3) is 4.63. The van der Waals surface area contributed by atoms with Gasteiger partial charge in [-0.2, -0.15) is 0 Å². The van der Waals surface area contributed by atoms with Crippen LogP contribution in [0.3, 0.4) is 0 Å². The maximum absolute atomic E-state index is 11.9. The number of amides is 2. The van der Waals surface area contributed by atoms with Crippen molar-refractivity contribution < 1.29 is 9.59 Å². The minimum Gasteiger partial charge on any atom is -0.272 e. The Morgan fingerprint density at radius 2 is 1.64 bits per heavy atom. The van der Waals surface area contributed by atoms with Crippen LogP contribution >= 0.6 is 11.8 Å². The zero-order chi connectivity index (χ0) is 15.9. The fraction of sp³-hybridized carbons (Fsp3) is 0.176. The molecule has 2 aromatic carbocycles. The molecule has 2 amide bonds. The molecule has 0 atom stereocenters. The lowest BCUT2D eigenvalue weighted by atomic mass is 10.1. The van der Waals surface area contributed by atoms with E-state index in [9.17, 15) is 9.59 Å². The standard InChI is InChI=1S/C17H18N2O2S/c1-12-7-9-14(10-8-12)17(21)19-18-16(20)11-22-15-6-4-3-5-13(15)2/h3-10H,11H2,1-2H3,(H,18,20)(H,19,21). The van der Waals surface area contributed by atoms with Gasteiger partial charge in [0.05, 0.1) is 5.75 Å². The van der Waals surface area contributed by atoms with E-state index in [1.165, 1.54) is 11.8 Å². The van der Waals surface area contributed by atoms with Crippen molar-refractivity contribution in [1.29, 1.82) is 0 Å². The molecule has 0 saturated heterocycles. The minimum absolute atomic E-state index is 0.242. The number of nitrogens with one attached hydrogen (secondary N) is 2. The molecule has 2 rings (SSSR count). The lowest BCUT2D eigenvalue weighted by Crippen LogP contribution is -2.42. The Bertz CT molecular complexity index is 669. The summed E-state index contributed by atoms with van der Waals surface area (Å²) in [5.41, 5.74) is 7.56. The predicted octanol–water partition coefficient (Wildman–Crippen LogP) is 2.86. The van der Waals surface area contributed by atoms with E-state index in [1.807, 2.05) is 50.2 Å². The van der Waals surface area contributed by atoms with Crippen LogP contribution < -0.4 is 10.9 Å². The molecule has 0 aliphatic carbocycles. The van der Waals surface area contributed by atoms with Gasteiger partial charge in [-0.25, -0.2) is 0 Å². The summed E-state index contributed by atoms with van der Waals surface area (Å²) in [6.07, 6.45) is 0. The predicted molar refractivity (Wildman–Crippen MR) is 88.7 cm³/mol. The summed E-state index contributed by atoms with van der Waals surface area (Å²) in [6, 6.07) is 15.0. The first-order chi connectivity index (χ1) is 10.6. The van der Waals surface area contributed by atoms with E-state index >= 15 is 0 Å². The van der Waals surface area contributed by atoms with Crippen LogP contribution in [0.4, 0.5) is 0 Å². The van der Waals surface area contributed by atoms with E-state index in [0.717, 1.165) is 16.0 Å². The Balaban J connectivity index is 1.79. The molecule has 0 saturated carbocycles. The Morgan fingerprint density at radius 3 is 2.32 bits per heavy atom. The van der Waals surface area contributed by atoms with Crippen molar-refractivity contribution in [2.24, 2.45) is 0 Å². The largest absolute Gasteiger partial charge is 0.272 e. The number of hydrogen-bond donors (Lipinski definition) is 2. The highest BCUT2D eigenvalue weighted by atomic mass is 32.2. The molecule has 0 spiro atoms. The summed E-state index contributed by atoms with van der Waals surface area (Å²) in [6.45, 7) is 3.95. The van der Waals surface area contributed by atoms with Gasteiger partial charge in [0.1, 0.15) is 0 Å². The number of rotatable bonds is 4. The number of carbonyl (C=O) groups is 2. The molecule has 5 heteroatoms. The van der Waals surface area contributed by atoms with Crippen LogP contribution in [0.25, 0.3) is 0 Å². The summed E-state index contributed by atoms with van der Waals surface area (Å²) in [5.74, 6) is -0.318. The Labute approximate surface area is 134 Å². The second kappa shape index (κ2) is 7.66. The summed E-state index contributed by atoms with van der Waals surface area (Å²) < 4.78 is 0. The molecule has 0 aromatic heterocycles. The van der Waals surface area contributed by atoms with Crippen molar-refractivity contribution >= 4 is 23.6 Å². The molecule has 0 bridgehead atoms. The zero-order valence-corrected chi connectivity index (χ0v) is 13.4. The fourth-order valence-electron chi connectivity index (χ4n) is 1.80. The molecule has 114 valence electrons. The van der Waals surface area contributed by atoms with E-state index < -0.39 is 0 Å². The zero-order valence-electron chi connectivity index (χ0n) is 12.6. The van der Waals surface area contributed by atoms with Gasteiger partial charge in [0, 0.05) is 10.5 Å². The molecule has 0 heterocycles. The summed E-state index contributed by atoms with van der Waals surface area (Å²) in [7, 11) is 0. The van der Waals surface area contributed by atoms with E-state index in [0.29, 0.717) is 5.56 Å². The first-order valence-corrected chi connectivity index (χ1v) is 7.89. The smallest absolute Gasteiger partial charge is 0.269 e. The van der Waals surface area contributed by atoms with Crippen molar-refractivity contribution in [2.75, 3.05) is 5.75 Å². The van der Waals surface area contributed by atoms with Crippen LogP contribution in [-0.4, -0.2) is 17.6 Å². The van der Waals surface area contributed by atoms with Gasteiger partial charge in [0.25, 0.3) is 5.91 Å². The molecular formula is C17H18N2O2S. The van der Waals surface area contributed by atoms with Gasteiger partial charge in [0.2, 0.25) is 5.91 Å². The Kier molecular flexibility index (Phi) is 5.61. The van der Waals surface area contributed by atoms with Crippen LogP contribution in [0.2, 0.25) is 0 Å². The highest BCUT2D eigenvalue weighted by molar-refractivity contribution is 8.00. The van der Waals surface area contributed by atoms with Crippen LogP contribution in [0.1, 0.15) is 21.5 Å². The van der Waals surface area contributed by atoms with Gasteiger partial charge >= 0.3 is 0 Å². The Morgan fingerprint density at radius 1 is 0.955 bits per heavy atom. The average Bonchev–Trinajstić information content (AvgIpc) is 2.52. The van der Waals surface area contributed by atoms with Gasteiger partial charge in [0.15, 0.2) is 0 Å². The number of hydrogen-bond acceptors (Lipinski definition) is 3. The number of hydrazine groups is 1. The SMILES string of the molecule is Cc1ccc(C(=O)NNC(=O)CSc2ccccc2C)cc1. The number of benzene rings is 2. The van der Waals surface area contributed by atoms with Crippen molar-refractivity contribution in [3.05, 3.63) is 65.2 Å². The first-order valence-electron chi connectivity index (χ1n) is 6.90. The second-order valence-electron chi connectivity index (χ2n) is 4.92. The lowest BCUT2D eigenvalue weighted by molar-refractivity contribution is -0.119. The molecule has 0 aliphatic rings. The van der Waals surface area contributed by atoms with Crippen molar-refractivity contribution in [3.8, 4) is 0 Å². The van der Waals surface area contributed by atoms with Crippen molar-refractivity contribution in [3.63, 3.8) is 0 Å². The van der Waals surface area contributed by atoms with Gasteiger partial charge in [-0.1, -0.05) is 35.9 Å². The van der Waals surface area contributed by atoms with Crippen LogP contribution in [0.5, 0.6) is 0 Å². The molecule has 2 N–H and O–H groups in total. The van der Waals surface area contributed by atoms with E-state index in [-0.39, 0.29) is 17.6 Å². The van der Waals surface area contributed by atoms with Gasteiger partial charge in [-0.3, -0.25) is 20.4 Å². The van der Waals surface area contributed by atoms with Gasteiger partial charge in [-0.15, -0.1) is 11.8 Å². The molecule has 2 aromatic rings. The number of carbonyl (C=O) groups excluding carboxylic acids is 2. The fourth-order valence-corrected chi connectivity index (χ4v) is 2.63. The molecular weight excluding hydrogens is 296 g/mol. The first kappa shape index (κ1) is 16.1. The maximum atomic E-state index is 11.9. The lowest BCUT2D eigenvalue weighted by Gasteiger charge is -2.08. The molecule has 0 fully saturated rings. The highest BCUT2D eigenvalue weighted by Gasteiger charge is 2.08. The number of aryl methyl sites for hydroxylation is 2. The third-order valence-corrected chi connectivity index (χ3v) is 4.26. The Hall–Kier alpha value is -2.27. The topological polar surface area (TPSA) is 58.2 Å².